The van der Waals surface area contributed by atoms with Crippen LogP contribution in [0.2, 0.25) is 0 Å². The van der Waals surface area contributed by atoms with E-state index in [2.05, 4.69) is 21.2 Å². The van der Waals surface area contributed by atoms with Gasteiger partial charge in [0.05, 0.1) is 11.9 Å². The molecule has 3 aromatic rings. The lowest BCUT2D eigenvalue weighted by Crippen LogP contribution is -2.55. The highest BCUT2D eigenvalue weighted by molar-refractivity contribution is 9.10. The molecule has 0 bridgehead atoms. The lowest BCUT2D eigenvalue weighted by atomic mass is 9.94. The summed E-state index contributed by atoms with van der Waals surface area (Å²) >= 11 is 3.47. The number of hydrogen-bond acceptors (Lipinski definition) is 4. The minimum atomic E-state index is -3.81. The van der Waals surface area contributed by atoms with Crippen LogP contribution in [0, 0.1) is 0 Å². The number of nitrogens with zero attached hydrogens (tertiary/aromatic N) is 2. The van der Waals surface area contributed by atoms with Crippen molar-refractivity contribution in [3.05, 3.63) is 100 Å². The molecule has 9 heteroatoms. The van der Waals surface area contributed by atoms with Gasteiger partial charge in [-0.25, -0.2) is 8.42 Å². The van der Waals surface area contributed by atoms with Crippen LogP contribution >= 0.6 is 15.9 Å². The second kappa shape index (κ2) is 14.8. The van der Waals surface area contributed by atoms with E-state index in [0.717, 1.165) is 59.5 Å². The van der Waals surface area contributed by atoms with Gasteiger partial charge >= 0.3 is 0 Å². The average Bonchev–Trinajstić information content (AvgIpc) is 2.99. The Bertz CT molecular complexity index is 1440. The van der Waals surface area contributed by atoms with Gasteiger partial charge < -0.3 is 10.2 Å². The zero-order chi connectivity index (χ0) is 30.1. The summed E-state index contributed by atoms with van der Waals surface area (Å²) in [7, 11) is -3.81. The number of sulfonamides is 1. The fourth-order valence-corrected chi connectivity index (χ4v) is 6.68. The standard InChI is InChI=1S/C33H40BrN3O4S/c1-3-27-14-10-11-17-30(27)37(42(2,40)41)24-32(38)36(23-26-18-20-28(34)21-19-26)31(22-25-12-6-4-7-13-25)33(39)35-29-15-8-5-9-16-29/h4,6-7,10-14,17-21,29,31H,3,5,8-9,15-16,22-24H2,1-2H3,(H,35,39). The number of carbonyl (C=O) groups is 2. The zero-order valence-electron chi connectivity index (χ0n) is 24.3. The summed E-state index contributed by atoms with van der Waals surface area (Å²) in [5, 5.41) is 3.23. The van der Waals surface area contributed by atoms with Gasteiger partial charge in [-0.2, -0.15) is 0 Å². The Morgan fingerprint density at radius 1 is 0.905 bits per heavy atom. The number of aryl methyl sites for hydroxylation is 1. The molecule has 1 N–H and O–H groups in total. The van der Waals surface area contributed by atoms with E-state index in [9.17, 15) is 18.0 Å². The molecule has 4 rings (SSSR count). The molecule has 7 nitrogen and oxygen atoms in total. The van der Waals surface area contributed by atoms with Crippen LogP contribution in [0.15, 0.2) is 83.3 Å². The van der Waals surface area contributed by atoms with Gasteiger partial charge in [0.15, 0.2) is 0 Å². The Hall–Kier alpha value is -3.17. The molecule has 1 fully saturated rings. The predicted octanol–water partition coefficient (Wildman–Crippen LogP) is 5.87. The molecule has 0 spiro atoms. The lowest BCUT2D eigenvalue weighted by molar-refractivity contribution is -0.140. The van der Waals surface area contributed by atoms with Gasteiger partial charge in [0.25, 0.3) is 0 Å². The molecular weight excluding hydrogens is 614 g/mol. The summed E-state index contributed by atoms with van der Waals surface area (Å²) in [5.74, 6) is -0.648. The number of benzene rings is 3. The monoisotopic (exact) mass is 653 g/mol. The van der Waals surface area contributed by atoms with Crippen LogP contribution in [0.4, 0.5) is 5.69 Å². The van der Waals surface area contributed by atoms with Crippen LogP contribution < -0.4 is 9.62 Å². The van der Waals surface area contributed by atoms with E-state index in [4.69, 9.17) is 0 Å². The molecule has 0 heterocycles. The molecule has 0 saturated heterocycles. The molecule has 1 aliphatic rings. The van der Waals surface area contributed by atoms with Crippen molar-refractivity contribution in [1.82, 2.24) is 10.2 Å². The van der Waals surface area contributed by atoms with Crippen molar-refractivity contribution >= 4 is 43.5 Å². The third-order valence-electron chi connectivity index (χ3n) is 7.81. The van der Waals surface area contributed by atoms with Crippen molar-refractivity contribution in [2.75, 3.05) is 17.1 Å². The number of para-hydroxylation sites is 1. The molecule has 0 aromatic heterocycles. The molecular formula is C33H40BrN3O4S. The van der Waals surface area contributed by atoms with Gasteiger partial charge in [-0.1, -0.05) is 103 Å². The number of carbonyl (C=O) groups excluding carboxylic acids is 2. The molecule has 1 atom stereocenters. The van der Waals surface area contributed by atoms with Crippen LogP contribution in [0.3, 0.4) is 0 Å². The fourth-order valence-electron chi connectivity index (χ4n) is 5.53. The first-order valence-corrected chi connectivity index (χ1v) is 17.2. The maximum absolute atomic E-state index is 14.3. The van der Waals surface area contributed by atoms with Crippen molar-refractivity contribution in [3.8, 4) is 0 Å². The SMILES string of the molecule is CCc1ccccc1N(CC(=O)N(Cc1ccc(Br)cc1)C(Cc1ccccc1)C(=O)NC1CCCCC1)S(C)(=O)=O. The molecule has 1 unspecified atom stereocenters. The first-order chi connectivity index (χ1) is 20.2. The van der Waals surface area contributed by atoms with Gasteiger partial charge in [-0.05, 0) is 54.2 Å². The number of rotatable bonds is 12. The van der Waals surface area contributed by atoms with Crippen LogP contribution in [0.1, 0.15) is 55.7 Å². The van der Waals surface area contributed by atoms with Gasteiger partial charge in [-0.3, -0.25) is 13.9 Å². The number of halogens is 1. The van der Waals surface area contributed by atoms with E-state index >= 15 is 0 Å². The minimum Gasteiger partial charge on any atom is -0.352 e. The van der Waals surface area contributed by atoms with Gasteiger partial charge in [-0.15, -0.1) is 0 Å². The Labute approximate surface area is 258 Å². The van der Waals surface area contributed by atoms with E-state index in [1.54, 1.807) is 17.0 Å². The Morgan fingerprint density at radius 3 is 2.19 bits per heavy atom. The minimum absolute atomic E-state index is 0.0677. The van der Waals surface area contributed by atoms with Crippen LogP contribution in [-0.2, 0) is 39.0 Å². The van der Waals surface area contributed by atoms with Crippen LogP contribution in [0.5, 0.6) is 0 Å². The largest absolute Gasteiger partial charge is 0.352 e. The Kier molecular flexibility index (Phi) is 11.2. The van der Waals surface area contributed by atoms with Gasteiger partial charge in [0.2, 0.25) is 21.8 Å². The molecule has 2 amide bonds. The van der Waals surface area contributed by atoms with E-state index in [0.29, 0.717) is 18.5 Å². The summed E-state index contributed by atoms with van der Waals surface area (Å²) in [6.07, 6.45) is 7.16. The average molecular weight is 655 g/mol. The predicted molar refractivity (Wildman–Crippen MR) is 172 cm³/mol. The molecule has 42 heavy (non-hydrogen) atoms. The third kappa shape index (κ3) is 8.67. The molecule has 1 aliphatic carbocycles. The highest BCUT2D eigenvalue weighted by Gasteiger charge is 2.34. The highest BCUT2D eigenvalue weighted by Crippen LogP contribution is 2.25. The van der Waals surface area contributed by atoms with Crippen molar-refractivity contribution in [2.45, 2.75) is 70.5 Å². The van der Waals surface area contributed by atoms with Crippen LogP contribution in [0.25, 0.3) is 0 Å². The van der Waals surface area contributed by atoms with Gasteiger partial charge in [0.1, 0.15) is 12.6 Å². The second-order valence-corrected chi connectivity index (χ2v) is 13.8. The maximum Gasteiger partial charge on any atom is 0.244 e. The maximum atomic E-state index is 14.3. The summed E-state index contributed by atoms with van der Waals surface area (Å²) in [4.78, 5) is 29.9. The third-order valence-corrected chi connectivity index (χ3v) is 9.46. The number of nitrogens with one attached hydrogen (secondary N) is 1. The van der Waals surface area contributed by atoms with E-state index in [-0.39, 0.29) is 18.5 Å². The Balaban J connectivity index is 1.73. The lowest BCUT2D eigenvalue weighted by Gasteiger charge is -2.35. The van der Waals surface area contributed by atoms with E-state index in [1.165, 1.54) is 4.31 Å². The van der Waals surface area contributed by atoms with Crippen molar-refractivity contribution in [3.63, 3.8) is 0 Å². The first kappa shape index (κ1) is 31.8. The normalized spacial score (nSPS) is 14.6. The number of amides is 2. The highest BCUT2D eigenvalue weighted by atomic mass is 79.9. The number of hydrogen-bond donors (Lipinski definition) is 1. The van der Waals surface area contributed by atoms with Crippen molar-refractivity contribution in [1.29, 1.82) is 0 Å². The Morgan fingerprint density at radius 2 is 1.55 bits per heavy atom. The summed E-state index contributed by atoms with van der Waals surface area (Å²) in [6, 6.07) is 23.7. The molecule has 224 valence electrons. The van der Waals surface area contributed by atoms with Crippen molar-refractivity contribution in [2.24, 2.45) is 0 Å². The first-order valence-electron chi connectivity index (χ1n) is 14.6. The van der Waals surface area contributed by atoms with Gasteiger partial charge in [0, 0.05) is 23.5 Å². The summed E-state index contributed by atoms with van der Waals surface area (Å²) in [5.41, 5.74) is 3.07. The van der Waals surface area contributed by atoms with E-state index in [1.807, 2.05) is 73.7 Å². The van der Waals surface area contributed by atoms with Crippen LogP contribution in [-0.4, -0.2) is 50.0 Å². The molecule has 1 saturated carbocycles. The van der Waals surface area contributed by atoms with Crippen molar-refractivity contribution < 1.29 is 18.0 Å². The second-order valence-electron chi connectivity index (χ2n) is 10.9. The molecule has 0 radical (unpaired) electrons. The fraction of sp³-hybridized carbons (Fsp3) is 0.394. The smallest absolute Gasteiger partial charge is 0.244 e. The molecule has 3 aromatic carbocycles. The summed E-state index contributed by atoms with van der Waals surface area (Å²) < 4.78 is 28.2. The zero-order valence-corrected chi connectivity index (χ0v) is 26.7. The molecule has 0 aliphatic heterocycles. The topological polar surface area (TPSA) is 86.8 Å². The summed E-state index contributed by atoms with van der Waals surface area (Å²) in [6.45, 7) is 1.70. The quantitative estimate of drug-likeness (QED) is 0.265. The van der Waals surface area contributed by atoms with E-state index < -0.39 is 28.5 Å². The number of anilines is 1.